The number of nitrogens with zero attached hydrogens (tertiary/aromatic N) is 2. The average Bonchev–Trinajstić information content (AvgIpc) is 2.35. The van der Waals surface area contributed by atoms with E-state index >= 15 is 0 Å². The monoisotopic (exact) mass is 282 g/mol. The van der Waals surface area contributed by atoms with Gasteiger partial charge in [-0.3, -0.25) is 9.36 Å². The van der Waals surface area contributed by atoms with Gasteiger partial charge in [0.25, 0.3) is 0 Å². The fourth-order valence-electron chi connectivity index (χ4n) is 1.42. The smallest absolute Gasteiger partial charge is 0.292 e. The minimum absolute atomic E-state index is 0.0787. The molecule has 0 amide bonds. The predicted octanol–water partition coefficient (Wildman–Crippen LogP) is 2.43. The van der Waals surface area contributed by atoms with E-state index in [1.165, 1.54) is 23.0 Å². The van der Waals surface area contributed by atoms with Crippen molar-refractivity contribution in [3.8, 4) is 0 Å². The van der Waals surface area contributed by atoms with E-state index in [-0.39, 0.29) is 12.3 Å². The summed E-state index contributed by atoms with van der Waals surface area (Å²) in [6.07, 6.45) is 2.88. The summed E-state index contributed by atoms with van der Waals surface area (Å²) in [5.41, 5.74) is -0.0638. The molecule has 1 heterocycles. The zero-order chi connectivity index (χ0) is 13.1. The first kappa shape index (κ1) is 12.8. The quantitative estimate of drug-likeness (QED) is 0.813. The second-order valence-electron chi connectivity index (χ2n) is 3.58. The SMILES string of the molecule is O=C(Cn1cccnc1=O)c1ccc(Cl)c(Cl)c1. The Morgan fingerprint density at radius 3 is 2.72 bits per heavy atom. The molecule has 0 atom stereocenters. The van der Waals surface area contributed by atoms with E-state index in [4.69, 9.17) is 23.2 Å². The summed E-state index contributed by atoms with van der Waals surface area (Å²) in [7, 11) is 0. The number of benzene rings is 1. The Labute approximate surface area is 113 Å². The molecule has 2 rings (SSSR count). The maximum atomic E-state index is 11.9. The van der Waals surface area contributed by atoms with Crippen LogP contribution >= 0.6 is 23.2 Å². The van der Waals surface area contributed by atoms with Gasteiger partial charge in [-0.2, -0.15) is 0 Å². The van der Waals surface area contributed by atoms with Gasteiger partial charge in [-0.25, -0.2) is 9.78 Å². The van der Waals surface area contributed by atoms with Crippen LogP contribution in [0.15, 0.2) is 41.5 Å². The van der Waals surface area contributed by atoms with Gasteiger partial charge >= 0.3 is 5.69 Å². The largest absolute Gasteiger partial charge is 0.347 e. The van der Waals surface area contributed by atoms with E-state index in [2.05, 4.69) is 4.98 Å². The van der Waals surface area contributed by atoms with E-state index < -0.39 is 5.69 Å². The minimum atomic E-state index is -0.467. The van der Waals surface area contributed by atoms with Gasteiger partial charge in [-0.1, -0.05) is 23.2 Å². The van der Waals surface area contributed by atoms with Crippen LogP contribution in [-0.2, 0) is 6.54 Å². The molecule has 2 aromatic rings. The number of carbonyl (C=O) groups excluding carboxylic acids is 1. The van der Waals surface area contributed by atoms with Crippen molar-refractivity contribution in [1.82, 2.24) is 9.55 Å². The van der Waals surface area contributed by atoms with Gasteiger partial charge in [0, 0.05) is 18.0 Å². The highest BCUT2D eigenvalue weighted by atomic mass is 35.5. The van der Waals surface area contributed by atoms with Crippen LogP contribution in [0.1, 0.15) is 10.4 Å². The maximum Gasteiger partial charge on any atom is 0.347 e. The van der Waals surface area contributed by atoms with Crippen LogP contribution < -0.4 is 5.69 Å². The first-order valence-electron chi connectivity index (χ1n) is 5.07. The van der Waals surface area contributed by atoms with Crippen molar-refractivity contribution in [3.63, 3.8) is 0 Å². The van der Waals surface area contributed by atoms with Crippen LogP contribution in [-0.4, -0.2) is 15.3 Å². The van der Waals surface area contributed by atoms with Crippen molar-refractivity contribution in [2.75, 3.05) is 0 Å². The van der Waals surface area contributed by atoms with Gasteiger partial charge in [0.1, 0.15) is 0 Å². The molecule has 0 bridgehead atoms. The standard InChI is InChI=1S/C12H8Cl2N2O2/c13-9-3-2-8(6-10(9)14)11(17)7-16-5-1-4-15-12(16)18/h1-6H,7H2. The average molecular weight is 283 g/mol. The lowest BCUT2D eigenvalue weighted by Crippen LogP contribution is -2.25. The number of hydrogen-bond donors (Lipinski definition) is 0. The zero-order valence-corrected chi connectivity index (χ0v) is 10.6. The van der Waals surface area contributed by atoms with Gasteiger partial charge in [0.05, 0.1) is 16.6 Å². The van der Waals surface area contributed by atoms with Gasteiger partial charge in [-0.05, 0) is 24.3 Å². The molecule has 18 heavy (non-hydrogen) atoms. The molecule has 0 saturated heterocycles. The van der Waals surface area contributed by atoms with Crippen molar-refractivity contribution in [1.29, 1.82) is 0 Å². The van der Waals surface area contributed by atoms with Crippen molar-refractivity contribution in [2.24, 2.45) is 0 Å². The topological polar surface area (TPSA) is 52.0 Å². The summed E-state index contributed by atoms with van der Waals surface area (Å²) >= 11 is 11.6. The number of Topliss-reactive ketones (excluding diaryl/α,β-unsaturated/α-hetero) is 1. The number of hydrogen-bond acceptors (Lipinski definition) is 3. The Morgan fingerprint density at radius 1 is 1.28 bits per heavy atom. The molecule has 0 spiro atoms. The van der Waals surface area contributed by atoms with Gasteiger partial charge < -0.3 is 0 Å². The van der Waals surface area contributed by atoms with E-state index in [9.17, 15) is 9.59 Å². The van der Waals surface area contributed by atoms with Crippen molar-refractivity contribution < 1.29 is 4.79 Å². The normalized spacial score (nSPS) is 10.3. The van der Waals surface area contributed by atoms with Crippen LogP contribution in [0.25, 0.3) is 0 Å². The predicted molar refractivity (Wildman–Crippen MR) is 69.3 cm³/mol. The highest BCUT2D eigenvalue weighted by molar-refractivity contribution is 6.42. The highest BCUT2D eigenvalue weighted by Gasteiger charge is 2.09. The summed E-state index contributed by atoms with van der Waals surface area (Å²) in [6.45, 7) is -0.0787. The third-order valence-corrected chi connectivity index (χ3v) is 3.08. The maximum absolute atomic E-state index is 11.9. The molecule has 0 aliphatic rings. The Hall–Kier alpha value is -1.65. The molecule has 0 aliphatic heterocycles. The lowest BCUT2D eigenvalue weighted by atomic mass is 10.1. The number of ketones is 1. The first-order valence-corrected chi connectivity index (χ1v) is 5.83. The van der Waals surface area contributed by atoms with Crippen LogP contribution in [0.3, 0.4) is 0 Å². The summed E-state index contributed by atoms with van der Waals surface area (Å²) < 4.78 is 1.23. The molecule has 4 nitrogen and oxygen atoms in total. The molecular formula is C12H8Cl2N2O2. The zero-order valence-electron chi connectivity index (χ0n) is 9.14. The van der Waals surface area contributed by atoms with Crippen molar-refractivity contribution in [3.05, 3.63) is 62.8 Å². The molecular weight excluding hydrogens is 275 g/mol. The molecule has 92 valence electrons. The fourth-order valence-corrected chi connectivity index (χ4v) is 1.72. The van der Waals surface area contributed by atoms with Crippen LogP contribution in [0.5, 0.6) is 0 Å². The van der Waals surface area contributed by atoms with E-state index in [1.807, 2.05) is 0 Å². The summed E-state index contributed by atoms with van der Waals surface area (Å²) in [5.74, 6) is -0.233. The lowest BCUT2D eigenvalue weighted by molar-refractivity contribution is 0.0970. The van der Waals surface area contributed by atoms with Crippen molar-refractivity contribution >= 4 is 29.0 Å². The Balaban J connectivity index is 2.25. The summed E-state index contributed by atoms with van der Waals surface area (Å²) in [6, 6.07) is 6.18. The molecule has 1 aromatic carbocycles. The molecule has 0 aliphatic carbocycles. The van der Waals surface area contributed by atoms with Crippen molar-refractivity contribution in [2.45, 2.75) is 6.54 Å². The molecule has 0 saturated carbocycles. The number of halogens is 2. The second-order valence-corrected chi connectivity index (χ2v) is 4.40. The molecule has 0 fully saturated rings. The number of carbonyl (C=O) groups is 1. The summed E-state index contributed by atoms with van der Waals surface area (Å²) in [5, 5.41) is 0.688. The third-order valence-electron chi connectivity index (χ3n) is 2.34. The second kappa shape index (κ2) is 5.33. The summed E-state index contributed by atoms with van der Waals surface area (Å²) in [4.78, 5) is 26.9. The number of rotatable bonds is 3. The lowest BCUT2D eigenvalue weighted by Gasteiger charge is -2.04. The van der Waals surface area contributed by atoms with Gasteiger partial charge in [0.15, 0.2) is 5.78 Å². The molecule has 0 unspecified atom stereocenters. The van der Waals surface area contributed by atoms with Crippen LogP contribution in [0, 0.1) is 0 Å². The van der Waals surface area contributed by atoms with E-state index in [1.54, 1.807) is 18.2 Å². The fraction of sp³-hybridized carbons (Fsp3) is 0.0833. The minimum Gasteiger partial charge on any atom is -0.292 e. The van der Waals surface area contributed by atoms with Gasteiger partial charge in [0.2, 0.25) is 0 Å². The van der Waals surface area contributed by atoms with E-state index in [0.717, 1.165) is 0 Å². The Bertz CT molecular complexity index is 653. The molecule has 6 heteroatoms. The Morgan fingerprint density at radius 2 is 2.06 bits per heavy atom. The molecule has 1 aromatic heterocycles. The highest BCUT2D eigenvalue weighted by Crippen LogP contribution is 2.22. The number of aromatic nitrogens is 2. The molecule has 0 N–H and O–H groups in total. The van der Waals surface area contributed by atoms with Crippen LogP contribution in [0.2, 0.25) is 10.0 Å². The van der Waals surface area contributed by atoms with Crippen LogP contribution in [0.4, 0.5) is 0 Å². The third kappa shape index (κ3) is 2.78. The molecule has 0 radical (unpaired) electrons. The Kier molecular flexibility index (Phi) is 3.79. The van der Waals surface area contributed by atoms with Gasteiger partial charge in [-0.15, -0.1) is 0 Å². The first-order chi connectivity index (χ1) is 8.58. The van der Waals surface area contributed by atoms with E-state index in [0.29, 0.717) is 15.6 Å².